The Morgan fingerprint density at radius 3 is 2.40 bits per heavy atom. The zero-order chi connectivity index (χ0) is 34.5. The van der Waals surface area contributed by atoms with Crippen molar-refractivity contribution in [3.8, 4) is 5.75 Å². The predicted octanol–water partition coefficient (Wildman–Crippen LogP) is 9.51. The molecule has 50 heavy (non-hydrogen) atoms. The molecular weight excluding hydrogens is 617 g/mol. The van der Waals surface area contributed by atoms with Gasteiger partial charge in [0.05, 0.1) is 5.92 Å². The number of hydrogen-bond donors (Lipinski definition) is 3. The molecular formula is C46H54O4. The lowest BCUT2D eigenvalue weighted by Gasteiger charge is -2.48. The first-order chi connectivity index (χ1) is 24.4. The molecule has 2 bridgehead atoms. The van der Waals surface area contributed by atoms with Crippen molar-refractivity contribution in [2.45, 2.75) is 101 Å². The normalized spacial score (nSPS) is 29.6. The highest BCUT2D eigenvalue weighted by Crippen LogP contribution is 2.53. The number of allylic oxidation sites excluding steroid dienone is 4. The molecule has 3 N–H and O–H groups in total. The van der Waals surface area contributed by atoms with Crippen LogP contribution >= 0.6 is 0 Å². The fourth-order valence-electron chi connectivity index (χ4n) is 10.0. The van der Waals surface area contributed by atoms with Crippen LogP contribution in [0.1, 0.15) is 106 Å². The highest BCUT2D eigenvalue weighted by Gasteiger charge is 2.50. The zero-order valence-corrected chi connectivity index (χ0v) is 29.4. The third kappa shape index (κ3) is 7.36. The topological polar surface area (TPSA) is 77.8 Å². The number of fused-ring (bicyclic) bond motifs is 5. The minimum atomic E-state index is -0.748. The van der Waals surface area contributed by atoms with Crippen molar-refractivity contribution < 1.29 is 20.1 Å². The summed E-state index contributed by atoms with van der Waals surface area (Å²) in [6.07, 6.45) is 26.0. The van der Waals surface area contributed by atoms with Crippen molar-refractivity contribution in [3.63, 3.8) is 0 Å². The largest absolute Gasteiger partial charge is 0.511 e. The molecule has 1 fully saturated rings. The van der Waals surface area contributed by atoms with Gasteiger partial charge in [-0.3, -0.25) is 4.79 Å². The van der Waals surface area contributed by atoms with Crippen molar-refractivity contribution in [2.24, 2.45) is 29.6 Å². The van der Waals surface area contributed by atoms with Crippen LogP contribution in [0.4, 0.5) is 0 Å². The van der Waals surface area contributed by atoms with Crippen LogP contribution in [0.15, 0.2) is 97.1 Å². The van der Waals surface area contributed by atoms with Crippen molar-refractivity contribution >= 4 is 17.8 Å². The van der Waals surface area contributed by atoms with Crippen LogP contribution in [0, 0.1) is 29.6 Å². The Kier molecular flexibility index (Phi) is 10.6. The molecule has 4 heteroatoms. The van der Waals surface area contributed by atoms with Crippen LogP contribution < -0.4 is 10.4 Å². The Balaban J connectivity index is 1.19. The SMILES string of the molecule is O=C(O)[C@H]1C/C=C\C[C@H](CCCCCC[C@@H]2C=CCC2)[C@H](c2ccc(O)cc2)Cc2cccc(c2)[C@@]12CC[C@@H]1C=c3ccccc3=C(O)[C@@H]1C2. The minimum Gasteiger partial charge on any atom is -0.511 e. The molecule has 0 aliphatic heterocycles. The molecule has 0 amide bonds. The number of aliphatic carboxylic acids is 1. The number of carbonyl (C=O) groups is 1. The van der Waals surface area contributed by atoms with Gasteiger partial charge in [-0.2, -0.15) is 0 Å². The van der Waals surface area contributed by atoms with E-state index in [1.54, 1.807) is 0 Å². The van der Waals surface area contributed by atoms with E-state index in [-0.39, 0.29) is 23.5 Å². The number of benzene rings is 3. The number of rotatable bonds is 9. The summed E-state index contributed by atoms with van der Waals surface area (Å²) >= 11 is 0. The van der Waals surface area contributed by atoms with Gasteiger partial charge in [0.2, 0.25) is 0 Å². The number of hydrogen-bond acceptors (Lipinski definition) is 3. The second-order valence-corrected chi connectivity index (χ2v) is 15.8. The van der Waals surface area contributed by atoms with Gasteiger partial charge in [0.25, 0.3) is 0 Å². The van der Waals surface area contributed by atoms with E-state index in [1.165, 1.54) is 56.1 Å². The summed E-state index contributed by atoms with van der Waals surface area (Å²) in [5.74, 6) is 0.941. The Hall–Kier alpha value is -4.05. The van der Waals surface area contributed by atoms with Gasteiger partial charge >= 0.3 is 5.97 Å². The molecule has 1 saturated carbocycles. The molecule has 4 aliphatic carbocycles. The molecule has 4 nitrogen and oxygen atoms in total. The van der Waals surface area contributed by atoms with Gasteiger partial charge in [0.1, 0.15) is 11.5 Å². The fourth-order valence-corrected chi connectivity index (χ4v) is 10.0. The lowest BCUT2D eigenvalue weighted by molar-refractivity contribution is -0.145. The van der Waals surface area contributed by atoms with E-state index < -0.39 is 17.3 Å². The lowest BCUT2D eigenvalue weighted by atomic mass is 9.55. The third-order valence-corrected chi connectivity index (χ3v) is 12.8. The Bertz CT molecular complexity index is 1820. The third-order valence-electron chi connectivity index (χ3n) is 12.8. The minimum absolute atomic E-state index is 0.107. The number of carboxylic acid groups (broad SMARTS) is 1. The molecule has 0 aromatic heterocycles. The maximum Gasteiger partial charge on any atom is 0.307 e. The van der Waals surface area contributed by atoms with E-state index in [9.17, 15) is 20.1 Å². The van der Waals surface area contributed by atoms with Gasteiger partial charge < -0.3 is 15.3 Å². The van der Waals surface area contributed by atoms with Gasteiger partial charge in [-0.25, -0.2) is 0 Å². The molecule has 0 unspecified atom stereocenters. The second kappa shape index (κ2) is 15.5. The van der Waals surface area contributed by atoms with Crippen molar-refractivity contribution in [1.82, 2.24) is 0 Å². The maximum atomic E-state index is 13.3. The predicted molar refractivity (Wildman–Crippen MR) is 202 cm³/mol. The summed E-state index contributed by atoms with van der Waals surface area (Å²) in [5, 5.41) is 34.7. The second-order valence-electron chi connectivity index (χ2n) is 15.8. The van der Waals surface area contributed by atoms with Crippen LogP contribution in [-0.2, 0) is 16.6 Å². The zero-order valence-electron chi connectivity index (χ0n) is 29.4. The highest BCUT2D eigenvalue weighted by atomic mass is 16.4. The average molecular weight is 671 g/mol. The van der Waals surface area contributed by atoms with E-state index in [2.05, 4.69) is 72.8 Å². The Labute approximate surface area is 298 Å². The highest BCUT2D eigenvalue weighted by molar-refractivity contribution is 5.73. The number of phenolic OH excluding ortho intramolecular Hbond substituents is 1. The number of unbranched alkanes of at least 4 members (excludes halogenated alkanes) is 3. The summed E-state index contributed by atoms with van der Waals surface area (Å²) in [7, 11) is 0. The van der Waals surface area contributed by atoms with E-state index in [0.29, 0.717) is 24.5 Å². The fraction of sp³-hybridized carbons (Fsp3) is 0.457. The monoisotopic (exact) mass is 670 g/mol. The van der Waals surface area contributed by atoms with Crippen molar-refractivity contribution in [1.29, 1.82) is 0 Å². The molecule has 262 valence electrons. The van der Waals surface area contributed by atoms with Gasteiger partial charge in [-0.1, -0.05) is 117 Å². The number of carboxylic acids is 1. The molecule has 0 saturated heterocycles. The molecule has 4 aliphatic rings. The van der Waals surface area contributed by atoms with Crippen LogP contribution in [0.5, 0.6) is 5.75 Å². The van der Waals surface area contributed by atoms with Gasteiger partial charge in [0, 0.05) is 16.6 Å². The smallest absolute Gasteiger partial charge is 0.307 e. The summed E-state index contributed by atoms with van der Waals surface area (Å²) in [4.78, 5) is 13.3. The first-order valence-corrected chi connectivity index (χ1v) is 19.3. The summed E-state index contributed by atoms with van der Waals surface area (Å²) in [5.41, 5.74) is 2.99. The molecule has 0 heterocycles. The van der Waals surface area contributed by atoms with E-state index in [4.69, 9.17) is 0 Å². The maximum absolute atomic E-state index is 13.3. The first-order valence-electron chi connectivity index (χ1n) is 19.3. The molecule has 3 aromatic rings. The summed E-state index contributed by atoms with van der Waals surface area (Å²) < 4.78 is 0. The standard InChI is InChI=1S/C46H54O4/c47-39-24-22-35(23-25-39)41-29-33-15-11-19-38(28-33)46(27-26-37-30-36-18-7-9-20-40(36)44(48)42(37)31-46)43(45(49)50)21-10-8-17-34(41)16-4-2-1-3-12-32-13-5-6-14-32/h5,7-11,13,15,18-20,22-25,28,30,32,34,37,41-43,47-48H,1-4,6,12,14,16-17,21,26-27,29,31H2,(H,49,50)/b10-8-/t32-,34+,37-,41-,42-,43-,46+/m1/s1. The van der Waals surface area contributed by atoms with Crippen LogP contribution in [0.2, 0.25) is 0 Å². The summed E-state index contributed by atoms with van der Waals surface area (Å²) in [6, 6.07) is 24.7. The van der Waals surface area contributed by atoms with Crippen molar-refractivity contribution in [2.75, 3.05) is 0 Å². The number of phenols is 1. The number of aliphatic hydroxyl groups is 1. The Morgan fingerprint density at radius 2 is 1.60 bits per heavy atom. The molecule has 3 aromatic carbocycles. The average Bonchev–Trinajstić information content (AvgIpc) is 3.65. The van der Waals surface area contributed by atoms with E-state index in [0.717, 1.165) is 54.0 Å². The lowest BCUT2D eigenvalue weighted by Crippen LogP contribution is -2.48. The molecule has 0 radical (unpaired) electrons. The Morgan fingerprint density at radius 1 is 0.800 bits per heavy atom. The molecule has 7 atom stereocenters. The van der Waals surface area contributed by atoms with Gasteiger partial charge in [-0.05, 0) is 122 Å². The number of aliphatic hydroxyl groups excluding tert-OH is 1. The van der Waals surface area contributed by atoms with Crippen LogP contribution in [-0.4, -0.2) is 21.3 Å². The van der Waals surface area contributed by atoms with E-state index >= 15 is 0 Å². The number of aromatic hydroxyl groups is 1. The van der Waals surface area contributed by atoms with Crippen LogP contribution in [0.25, 0.3) is 11.8 Å². The summed E-state index contributed by atoms with van der Waals surface area (Å²) in [6.45, 7) is 0. The van der Waals surface area contributed by atoms with Gasteiger partial charge in [-0.15, -0.1) is 0 Å². The molecule has 1 spiro atoms. The van der Waals surface area contributed by atoms with E-state index in [1.807, 2.05) is 30.3 Å². The van der Waals surface area contributed by atoms with Gasteiger partial charge in [0.15, 0.2) is 0 Å². The van der Waals surface area contributed by atoms with Crippen molar-refractivity contribution in [3.05, 3.63) is 124 Å². The quantitative estimate of drug-likeness (QED) is 0.157. The van der Waals surface area contributed by atoms with Crippen LogP contribution in [0.3, 0.4) is 0 Å². The molecule has 7 rings (SSSR count). The first kappa shape index (κ1) is 34.4.